The van der Waals surface area contributed by atoms with Gasteiger partial charge in [0.15, 0.2) is 12.4 Å². The minimum Gasteiger partial charge on any atom is -0.482 e. The number of carbonyl (C=O) groups excluding carboxylic acids is 2. The van der Waals surface area contributed by atoms with Gasteiger partial charge in [0.1, 0.15) is 12.3 Å². The number of para-hydroxylation sites is 2. The van der Waals surface area contributed by atoms with E-state index in [0.717, 1.165) is 11.0 Å². The van der Waals surface area contributed by atoms with Gasteiger partial charge in [-0.25, -0.2) is 0 Å². The first-order chi connectivity index (χ1) is 12.7. The summed E-state index contributed by atoms with van der Waals surface area (Å²) in [6.07, 6.45) is -4.91. The Labute approximate surface area is 156 Å². The monoisotopic (exact) mass is 400 g/mol. The predicted molar refractivity (Wildman–Crippen MR) is 91.1 cm³/mol. The largest absolute Gasteiger partial charge is 0.573 e. The van der Waals surface area contributed by atoms with Crippen molar-refractivity contribution in [2.24, 2.45) is 0 Å². The molecule has 142 valence electrons. The molecule has 0 atom stereocenters. The predicted octanol–water partition coefficient (Wildman–Crippen LogP) is 3.60. The number of fused-ring (bicyclic) bond motifs is 1. The van der Waals surface area contributed by atoms with Crippen molar-refractivity contribution in [1.82, 2.24) is 0 Å². The van der Waals surface area contributed by atoms with E-state index in [0.29, 0.717) is 16.5 Å². The molecule has 0 unspecified atom stereocenters. The molecule has 2 aromatic carbocycles. The summed E-state index contributed by atoms with van der Waals surface area (Å²) in [6.45, 7) is -0.703. The Balaban J connectivity index is 1.78. The lowest BCUT2D eigenvalue weighted by Gasteiger charge is -2.29. The highest BCUT2D eigenvalue weighted by Crippen LogP contribution is 2.34. The molecule has 0 radical (unpaired) electrons. The lowest BCUT2D eigenvalue weighted by atomic mass is 10.2. The first kappa shape index (κ1) is 18.8. The Bertz CT molecular complexity index is 889. The number of amides is 2. The molecule has 1 heterocycles. The third-order valence-electron chi connectivity index (χ3n) is 3.55. The first-order valence-corrected chi connectivity index (χ1v) is 7.98. The van der Waals surface area contributed by atoms with Gasteiger partial charge in [-0.2, -0.15) is 0 Å². The van der Waals surface area contributed by atoms with Gasteiger partial charge in [-0.1, -0.05) is 23.7 Å². The zero-order valence-electron chi connectivity index (χ0n) is 13.5. The van der Waals surface area contributed by atoms with E-state index in [1.54, 1.807) is 12.1 Å². The van der Waals surface area contributed by atoms with Crippen LogP contribution in [0.1, 0.15) is 0 Å². The second kappa shape index (κ2) is 7.36. The third kappa shape index (κ3) is 4.62. The Hall–Kier alpha value is -2.94. The summed E-state index contributed by atoms with van der Waals surface area (Å²) in [6, 6.07) is 9.68. The number of halogens is 4. The fourth-order valence-electron chi connectivity index (χ4n) is 2.47. The average molecular weight is 401 g/mol. The Morgan fingerprint density at radius 2 is 2.00 bits per heavy atom. The molecule has 1 aliphatic rings. The highest BCUT2D eigenvalue weighted by atomic mass is 35.5. The van der Waals surface area contributed by atoms with Crippen molar-refractivity contribution in [1.29, 1.82) is 0 Å². The summed E-state index contributed by atoms with van der Waals surface area (Å²) < 4.78 is 46.6. The van der Waals surface area contributed by atoms with Crippen molar-refractivity contribution in [2.75, 3.05) is 23.4 Å². The molecule has 2 amide bonds. The van der Waals surface area contributed by atoms with Gasteiger partial charge in [0, 0.05) is 5.02 Å². The lowest BCUT2D eigenvalue weighted by molar-refractivity contribution is -0.274. The Morgan fingerprint density at radius 3 is 2.74 bits per heavy atom. The Morgan fingerprint density at radius 1 is 1.26 bits per heavy atom. The number of benzene rings is 2. The summed E-state index contributed by atoms with van der Waals surface area (Å²) in [5.41, 5.74) is 0.126. The molecule has 0 aromatic heterocycles. The van der Waals surface area contributed by atoms with Gasteiger partial charge in [0.2, 0.25) is 5.91 Å². The standard InChI is InChI=1S/C17H12ClF3N2O4/c18-10-5-6-14-12(7-10)23(16(25)9-26-14)8-15(24)22-11-3-1-2-4-13(11)27-17(19,20)21/h1-7H,8-9H2,(H,22,24). The first-order valence-electron chi connectivity index (χ1n) is 7.60. The molecule has 1 N–H and O–H groups in total. The molecule has 0 saturated carbocycles. The van der Waals surface area contributed by atoms with E-state index in [1.807, 2.05) is 0 Å². The van der Waals surface area contributed by atoms with Crippen LogP contribution in [0.25, 0.3) is 0 Å². The molecule has 0 fully saturated rings. The maximum atomic E-state index is 12.5. The quantitative estimate of drug-likeness (QED) is 0.851. The van der Waals surface area contributed by atoms with Crippen LogP contribution in [0, 0.1) is 0 Å². The highest BCUT2D eigenvalue weighted by molar-refractivity contribution is 6.31. The molecule has 0 saturated heterocycles. The summed E-state index contributed by atoms with van der Waals surface area (Å²) >= 11 is 5.92. The van der Waals surface area contributed by atoms with Gasteiger partial charge in [0.25, 0.3) is 5.91 Å². The smallest absolute Gasteiger partial charge is 0.482 e. The van der Waals surface area contributed by atoms with Crippen LogP contribution in [-0.4, -0.2) is 31.3 Å². The summed E-state index contributed by atoms with van der Waals surface area (Å²) in [5.74, 6) is -1.39. The van der Waals surface area contributed by atoms with Gasteiger partial charge in [0.05, 0.1) is 11.4 Å². The van der Waals surface area contributed by atoms with Crippen LogP contribution < -0.4 is 19.7 Å². The van der Waals surface area contributed by atoms with E-state index in [9.17, 15) is 22.8 Å². The van der Waals surface area contributed by atoms with Crippen LogP contribution in [0.4, 0.5) is 24.5 Å². The summed E-state index contributed by atoms with van der Waals surface area (Å²) in [7, 11) is 0. The van der Waals surface area contributed by atoms with Crippen LogP contribution in [0.5, 0.6) is 11.5 Å². The number of rotatable bonds is 4. The Kier molecular flexibility index (Phi) is 5.13. The molecule has 0 bridgehead atoms. The topological polar surface area (TPSA) is 67.9 Å². The van der Waals surface area contributed by atoms with E-state index in [2.05, 4.69) is 10.1 Å². The summed E-state index contributed by atoms with van der Waals surface area (Å²) in [4.78, 5) is 25.6. The van der Waals surface area contributed by atoms with Gasteiger partial charge in [-0.3, -0.25) is 14.5 Å². The molecule has 27 heavy (non-hydrogen) atoms. The van der Waals surface area contributed by atoms with Gasteiger partial charge in [-0.05, 0) is 30.3 Å². The maximum Gasteiger partial charge on any atom is 0.573 e. The maximum absolute atomic E-state index is 12.5. The number of nitrogens with one attached hydrogen (secondary N) is 1. The number of hydrogen-bond donors (Lipinski definition) is 1. The third-order valence-corrected chi connectivity index (χ3v) is 3.79. The number of anilines is 2. The van der Waals surface area contributed by atoms with E-state index in [1.165, 1.54) is 24.3 Å². The number of hydrogen-bond acceptors (Lipinski definition) is 4. The van der Waals surface area contributed by atoms with Crippen LogP contribution in [0.3, 0.4) is 0 Å². The van der Waals surface area contributed by atoms with Crippen LogP contribution in [-0.2, 0) is 9.59 Å². The molecule has 3 rings (SSSR count). The van der Waals surface area contributed by atoms with Crippen molar-refractivity contribution < 1.29 is 32.2 Å². The molecule has 10 heteroatoms. The van der Waals surface area contributed by atoms with Gasteiger partial charge in [-0.15, -0.1) is 13.2 Å². The van der Waals surface area contributed by atoms with E-state index < -0.39 is 30.5 Å². The van der Waals surface area contributed by atoms with Gasteiger partial charge >= 0.3 is 6.36 Å². The fourth-order valence-corrected chi connectivity index (χ4v) is 2.63. The number of alkyl halides is 3. The highest BCUT2D eigenvalue weighted by Gasteiger charge is 2.32. The van der Waals surface area contributed by atoms with Gasteiger partial charge < -0.3 is 14.8 Å². The van der Waals surface area contributed by atoms with Crippen molar-refractivity contribution in [3.05, 3.63) is 47.5 Å². The number of ether oxygens (including phenoxy) is 2. The van der Waals surface area contributed by atoms with Crippen molar-refractivity contribution >= 4 is 34.8 Å². The van der Waals surface area contributed by atoms with E-state index in [4.69, 9.17) is 16.3 Å². The molecule has 2 aromatic rings. The van der Waals surface area contributed by atoms with Crippen molar-refractivity contribution in [3.8, 4) is 11.5 Å². The zero-order valence-corrected chi connectivity index (χ0v) is 14.3. The second-order valence-corrected chi connectivity index (χ2v) is 5.91. The molecule has 0 aliphatic carbocycles. The molecule has 1 aliphatic heterocycles. The molecule has 6 nitrogen and oxygen atoms in total. The molecular formula is C17H12ClF3N2O4. The molecule has 0 spiro atoms. The van der Waals surface area contributed by atoms with E-state index >= 15 is 0 Å². The normalized spacial score (nSPS) is 13.6. The lowest BCUT2D eigenvalue weighted by Crippen LogP contribution is -2.43. The second-order valence-electron chi connectivity index (χ2n) is 5.47. The number of carbonyl (C=O) groups is 2. The van der Waals surface area contributed by atoms with E-state index in [-0.39, 0.29) is 12.3 Å². The minimum atomic E-state index is -4.91. The average Bonchev–Trinajstić information content (AvgIpc) is 2.58. The summed E-state index contributed by atoms with van der Waals surface area (Å²) in [5, 5.41) is 2.65. The molecular weight excluding hydrogens is 389 g/mol. The fraction of sp³-hybridized carbons (Fsp3) is 0.176. The van der Waals surface area contributed by atoms with Crippen molar-refractivity contribution in [3.63, 3.8) is 0 Å². The van der Waals surface area contributed by atoms with Crippen LogP contribution in [0.2, 0.25) is 5.02 Å². The minimum absolute atomic E-state index is 0.174. The van der Waals surface area contributed by atoms with Crippen LogP contribution in [0.15, 0.2) is 42.5 Å². The zero-order chi connectivity index (χ0) is 19.6. The van der Waals surface area contributed by atoms with Crippen LogP contribution >= 0.6 is 11.6 Å². The SMILES string of the molecule is O=C(CN1C(=O)COc2ccc(Cl)cc21)Nc1ccccc1OC(F)(F)F. The van der Waals surface area contributed by atoms with Crippen molar-refractivity contribution in [2.45, 2.75) is 6.36 Å². The number of nitrogens with zero attached hydrogens (tertiary/aromatic N) is 1.